The van der Waals surface area contributed by atoms with Crippen LogP contribution >= 0.6 is 0 Å². The molecule has 3 aromatic rings. The van der Waals surface area contributed by atoms with Crippen LogP contribution in [-0.2, 0) is 9.59 Å². The summed E-state index contributed by atoms with van der Waals surface area (Å²) < 4.78 is 16.6. The van der Waals surface area contributed by atoms with Crippen molar-refractivity contribution in [2.45, 2.75) is 19.9 Å². The molecule has 1 atom stereocenters. The number of halogens is 1. The predicted molar refractivity (Wildman–Crippen MR) is 119 cm³/mol. The van der Waals surface area contributed by atoms with Gasteiger partial charge in [0.25, 0.3) is 11.7 Å². The number of imidazole rings is 1. The highest BCUT2D eigenvalue weighted by atomic mass is 19.1. The lowest BCUT2D eigenvalue weighted by Gasteiger charge is -2.26. The summed E-state index contributed by atoms with van der Waals surface area (Å²) in [6.07, 6.45) is 1.81. The zero-order valence-corrected chi connectivity index (χ0v) is 18.5. The van der Waals surface area contributed by atoms with Gasteiger partial charge >= 0.3 is 0 Å². The number of rotatable bonds is 5. The van der Waals surface area contributed by atoms with Gasteiger partial charge in [0.1, 0.15) is 17.2 Å². The topological polar surface area (TPSA) is 78.2 Å². The third-order valence-corrected chi connectivity index (χ3v) is 5.84. The molecular formula is C24H25FN4O3. The SMILES string of the molecule is Cc1cccn2c(C)c(C(O)=C3C(=O)C(=O)N(CCN(C)C)C3c3ccccc3F)nc12. The number of carbonyl (C=O) groups excluding carboxylic acids is 2. The number of ketones is 1. The molecular weight excluding hydrogens is 411 g/mol. The van der Waals surface area contributed by atoms with Crippen molar-refractivity contribution in [3.63, 3.8) is 0 Å². The standard InChI is InChI=1S/C24H25FN4O3/c1-14-8-7-11-28-15(2)19(26-23(14)28)21(30)18-20(16-9-5-6-10-17(16)25)29(13-12-27(3)4)24(32)22(18)31/h5-11,20,30H,12-13H2,1-4H3. The zero-order chi connectivity index (χ0) is 23.2. The van der Waals surface area contributed by atoms with Gasteiger partial charge in [0.05, 0.1) is 17.3 Å². The molecule has 8 heteroatoms. The number of aliphatic hydroxyl groups excluding tert-OH is 1. The fourth-order valence-electron chi connectivity index (χ4n) is 4.11. The van der Waals surface area contributed by atoms with Crippen molar-refractivity contribution >= 4 is 23.1 Å². The van der Waals surface area contributed by atoms with Crippen LogP contribution in [0, 0.1) is 19.7 Å². The van der Waals surface area contributed by atoms with Crippen molar-refractivity contribution in [2.75, 3.05) is 27.2 Å². The van der Waals surface area contributed by atoms with Gasteiger partial charge in [-0.3, -0.25) is 9.59 Å². The van der Waals surface area contributed by atoms with Gasteiger partial charge in [0.15, 0.2) is 5.76 Å². The maximum absolute atomic E-state index is 14.8. The van der Waals surface area contributed by atoms with Crippen molar-refractivity contribution in [2.24, 2.45) is 0 Å². The Balaban J connectivity index is 1.94. The van der Waals surface area contributed by atoms with Gasteiger partial charge in [-0.2, -0.15) is 0 Å². The normalized spacial score (nSPS) is 18.3. The smallest absolute Gasteiger partial charge is 0.295 e. The number of nitrogens with zero attached hydrogens (tertiary/aromatic N) is 4. The fraction of sp³-hybridized carbons (Fsp3) is 0.292. The Kier molecular flexibility index (Phi) is 5.56. The van der Waals surface area contributed by atoms with E-state index < -0.39 is 29.3 Å². The summed E-state index contributed by atoms with van der Waals surface area (Å²) in [6.45, 7) is 4.35. The number of likely N-dealkylation sites (tertiary alicyclic amines) is 1. The molecule has 0 aliphatic carbocycles. The molecule has 166 valence electrons. The summed E-state index contributed by atoms with van der Waals surface area (Å²) in [5.41, 5.74) is 2.36. The largest absolute Gasteiger partial charge is 0.505 e. The number of likely N-dealkylation sites (N-methyl/N-ethyl adjacent to an activating group) is 1. The molecule has 3 heterocycles. The first-order valence-electron chi connectivity index (χ1n) is 10.3. The second kappa shape index (κ2) is 8.20. The minimum absolute atomic E-state index is 0.150. The molecule has 1 aliphatic heterocycles. The average Bonchev–Trinajstić information content (AvgIpc) is 3.22. The van der Waals surface area contributed by atoms with E-state index in [1.54, 1.807) is 19.1 Å². The lowest BCUT2D eigenvalue weighted by molar-refractivity contribution is -0.140. The Morgan fingerprint density at radius 1 is 1.16 bits per heavy atom. The molecule has 1 aliphatic rings. The van der Waals surface area contributed by atoms with Gasteiger partial charge in [-0.15, -0.1) is 0 Å². The van der Waals surface area contributed by atoms with Crippen LogP contribution in [0.5, 0.6) is 0 Å². The van der Waals surface area contributed by atoms with Crippen LogP contribution in [0.4, 0.5) is 4.39 Å². The zero-order valence-electron chi connectivity index (χ0n) is 18.5. The number of amides is 1. The number of carbonyl (C=O) groups is 2. The number of Topliss-reactive ketones (excluding diaryl/α,β-unsaturated/α-hetero) is 1. The minimum atomic E-state index is -1.04. The van der Waals surface area contributed by atoms with Gasteiger partial charge in [0.2, 0.25) is 0 Å². The number of hydrogen-bond acceptors (Lipinski definition) is 5. The molecule has 1 amide bonds. The number of aryl methyl sites for hydroxylation is 2. The maximum atomic E-state index is 14.8. The molecule has 1 N–H and O–H groups in total. The molecule has 0 spiro atoms. The highest BCUT2D eigenvalue weighted by Gasteiger charge is 2.47. The van der Waals surface area contributed by atoms with Crippen LogP contribution < -0.4 is 0 Å². The van der Waals surface area contributed by atoms with Crippen LogP contribution in [0.1, 0.15) is 28.6 Å². The highest BCUT2D eigenvalue weighted by Crippen LogP contribution is 2.40. The second-order valence-corrected chi connectivity index (χ2v) is 8.25. The first-order chi connectivity index (χ1) is 15.2. The van der Waals surface area contributed by atoms with Gasteiger partial charge < -0.3 is 19.3 Å². The van der Waals surface area contributed by atoms with E-state index in [1.165, 1.54) is 17.0 Å². The summed E-state index contributed by atoms with van der Waals surface area (Å²) in [5.74, 6) is -2.56. The third kappa shape index (κ3) is 3.46. The summed E-state index contributed by atoms with van der Waals surface area (Å²) in [4.78, 5) is 33.7. The lowest BCUT2D eigenvalue weighted by atomic mass is 9.96. The number of pyridine rings is 1. The molecule has 2 aromatic heterocycles. The molecule has 1 aromatic carbocycles. The summed E-state index contributed by atoms with van der Waals surface area (Å²) in [5, 5.41) is 11.3. The fourth-order valence-corrected chi connectivity index (χ4v) is 4.11. The van der Waals surface area contributed by atoms with Crippen molar-refractivity contribution in [1.82, 2.24) is 19.2 Å². The molecule has 0 bridgehead atoms. The van der Waals surface area contributed by atoms with Crippen LogP contribution in [0.2, 0.25) is 0 Å². The number of benzene rings is 1. The first-order valence-corrected chi connectivity index (χ1v) is 10.3. The predicted octanol–water partition coefficient (Wildman–Crippen LogP) is 3.07. The monoisotopic (exact) mass is 436 g/mol. The van der Waals surface area contributed by atoms with E-state index in [-0.39, 0.29) is 23.4 Å². The number of aliphatic hydroxyl groups is 1. The van der Waals surface area contributed by atoms with Crippen LogP contribution in [0.25, 0.3) is 11.4 Å². The first kappa shape index (κ1) is 21.7. The molecule has 7 nitrogen and oxygen atoms in total. The molecule has 32 heavy (non-hydrogen) atoms. The van der Waals surface area contributed by atoms with E-state index >= 15 is 0 Å². The van der Waals surface area contributed by atoms with E-state index in [2.05, 4.69) is 4.98 Å². The van der Waals surface area contributed by atoms with Gasteiger partial charge in [0, 0.05) is 24.8 Å². The Labute approximate surface area is 185 Å². The number of hydrogen-bond donors (Lipinski definition) is 1. The second-order valence-electron chi connectivity index (χ2n) is 8.25. The molecule has 4 rings (SSSR count). The molecule has 1 saturated heterocycles. The summed E-state index contributed by atoms with van der Waals surface area (Å²) in [6, 6.07) is 8.71. The Bertz CT molecular complexity index is 1260. The Morgan fingerprint density at radius 2 is 1.88 bits per heavy atom. The van der Waals surface area contributed by atoms with Gasteiger partial charge in [-0.05, 0) is 45.6 Å². The van der Waals surface area contributed by atoms with Crippen molar-refractivity contribution < 1.29 is 19.1 Å². The van der Waals surface area contributed by atoms with E-state index in [4.69, 9.17) is 0 Å². The third-order valence-electron chi connectivity index (χ3n) is 5.84. The highest BCUT2D eigenvalue weighted by molar-refractivity contribution is 6.46. The number of fused-ring (bicyclic) bond motifs is 1. The van der Waals surface area contributed by atoms with Gasteiger partial charge in [-0.25, -0.2) is 9.37 Å². The number of aromatic nitrogens is 2. The van der Waals surface area contributed by atoms with E-state index in [1.807, 2.05) is 48.6 Å². The average molecular weight is 436 g/mol. The molecule has 1 unspecified atom stereocenters. The van der Waals surface area contributed by atoms with Crippen LogP contribution in [-0.4, -0.2) is 63.2 Å². The van der Waals surface area contributed by atoms with E-state index in [0.717, 1.165) is 5.56 Å². The van der Waals surface area contributed by atoms with Crippen LogP contribution in [0.15, 0.2) is 48.2 Å². The Hall–Kier alpha value is -3.52. The van der Waals surface area contributed by atoms with Crippen molar-refractivity contribution in [3.8, 4) is 0 Å². The minimum Gasteiger partial charge on any atom is -0.505 e. The van der Waals surface area contributed by atoms with E-state index in [0.29, 0.717) is 17.9 Å². The summed E-state index contributed by atoms with van der Waals surface area (Å²) in [7, 11) is 3.69. The summed E-state index contributed by atoms with van der Waals surface area (Å²) >= 11 is 0. The lowest BCUT2D eigenvalue weighted by Crippen LogP contribution is -2.35. The van der Waals surface area contributed by atoms with Gasteiger partial charge in [-0.1, -0.05) is 24.3 Å². The quantitative estimate of drug-likeness (QED) is 0.378. The molecule has 0 radical (unpaired) electrons. The molecule has 1 fully saturated rings. The molecule has 0 saturated carbocycles. The van der Waals surface area contributed by atoms with Crippen LogP contribution in [0.3, 0.4) is 0 Å². The Morgan fingerprint density at radius 3 is 2.53 bits per heavy atom. The van der Waals surface area contributed by atoms with Crippen molar-refractivity contribution in [1.29, 1.82) is 0 Å². The maximum Gasteiger partial charge on any atom is 0.295 e. The van der Waals surface area contributed by atoms with E-state index in [9.17, 15) is 19.1 Å². The van der Waals surface area contributed by atoms with Crippen molar-refractivity contribution in [3.05, 3.63) is 76.5 Å².